The van der Waals surface area contributed by atoms with Crippen LogP contribution in [0.1, 0.15) is 25.7 Å². The second kappa shape index (κ2) is 8.20. The quantitative estimate of drug-likeness (QED) is 0.593. The highest BCUT2D eigenvalue weighted by Crippen LogP contribution is 2.29. The number of aromatic nitrogens is 4. The molecule has 0 unspecified atom stereocenters. The molecule has 3 aromatic rings. The average molecular weight is 419 g/mol. The Morgan fingerprint density at radius 3 is 2.86 bits per heavy atom. The van der Waals surface area contributed by atoms with Crippen LogP contribution in [0.3, 0.4) is 0 Å². The van der Waals surface area contributed by atoms with E-state index in [9.17, 15) is 9.18 Å². The number of anilines is 1. The number of hydrogen-bond acceptors (Lipinski definition) is 6. The molecule has 0 bridgehead atoms. The molecule has 0 aromatic carbocycles. The maximum absolute atomic E-state index is 14.5. The molecule has 152 valence electrons. The molecule has 3 heterocycles. The number of halogens is 2. The first-order valence-electron chi connectivity index (χ1n) is 9.31. The predicted molar refractivity (Wildman–Crippen MR) is 107 cm³/mol. The first-order chi connectivity index (χ1) is 14.0. The van der Waals surface area contributed by atoms with Crippen molar-refractivity contribution in [2.24, 2.45) is 0 Å². The molecular weight excluding hydrogens is 399 g/mol. The fraction of sp³-hybridized carbons (Fsp3) is 0.368. The number of aromatic amines is 1. The smallest absolute Gasteiger partial charge is 0.407 e. The maximum Gasteiger partial charge on any atom is 0.407 e. The summed E-state index contributed by atoms with van der Waals surface area (Å²) in [7, 11) is 1.32. The van der Waals surface area contributed by atoms with Crippen LogP contribution in [0.2, 0.25) is 5.02 Å². The lowest BCUT2D eigenvalue weighted by Crippen LogP contribution is -2.48. The summed E-state index contributed by atoms with van der Waals surface area (Å²) < 4.78 is 19.2. The van der Waals surface area contributed by atoms with Crippen molar-refractivity contribution in [3.05, 3.63) is 35.5 Å². The van der Waals surface area contributed by atoms with Crippen LogP contribution in [0, 0.1) is 5.82 Å². The van der Waals surface area contributed by atoms with Gasteiger partial charge in [-0.3, -0.25) is 0 Å². The van der Waals surface area contributed by atoms with Crippen LogP contribution in [0.15, 0.2) is 24.7 Å². The summed E-state index contributed by atoms with van der Waals surface area (Å²) in [4.78, 5) is 27.4. The van der Waals surface area contributed by atoms with Crippen LogP contribution >= 0.6 is 11.6 Å². The van der Waals surface area contributed by atoms with Crippen molar-refractivity contribution >= 4 is 34.5 Å². The number of amides is 1. The molecule has 1 saturated carbocycles. The second-order valence-corrected chi connectivity index (χ2v) is 7.36. The minimum absolute atomic E-state index is 0.0860. The molecule has 3 N–H and O–H groups in total. The molecule has 29 heavy (non-hydrogen) atoms. The van der Waals surface area contributed by atoms with Gasteiger partial charge in [0, 0.05) is 29.4 Å². The fourth-order valence-corrected chi connectivity index (χ4v) is 3.78. The number of H-pyrrole nitrogens is 1. The van der Waals surface area contributed by atoms with Crippen molar-refractivity contribution in [3.63, 3.8) is 0 Å². The predicted octanol–water partition coefficient (Wildman–Crippen LogP) is 3.89. The van der Waals surface area contributed by atoms with Crippen LogP contribution < -0.4 is 10.6 Å². The van der Waals surface area contributed by atoms with Gasteiger partial charge in [0.25, 0.3) is 0 Å². The Bertz CT molecular complexity index is 1040. The molecule has 0 spiro atoms. The summed E-state index contributed by atoms with van der Waals surface area (Å²) in [5, 5.41) is 7.19. The third kappa shape index (κ3) is 4.09. The maximum atomic E-state index is 14.5. The third-order valence-electron chi connectivity index (χ3n) is 5.06. The number of carbonyl (C=O) groups is 1. The summed E-state index contributed by atoms with van der Waals surface area (Å²) in [6.07, 6.45) is 7.39. The van der Waals surface area contributed by atoms with Gasteiger partial charge >= 0.3 is 6.09 Å². The lowest BCUT2D eigenvalue weighted by Gasteiger charge is -2.32. The number of pyridine rings is 1. The van der Waals surface area contributed by atoms with E-state index in [1.54, 1.807) is 18.5 Å². The zero-order chi connectivity index (χ0) is 20.4. The molecule has 0 saturated heterocycles. The largest absolute Gasteiger partial charge is 0.453 e. The van der Waals surface area contributed by atoms with Gasteiger partial charge in [0.1, 0.15) is 5.65 Å². The molecule has 3 aromatic heterocycles. The molecule has 1 aliphatic carbocycles. The van der Waals surface area contributed by atoms with Crippen molar-refractivity contribution in [1.82, 2.24) is 25.3 Å². The first-order valence-corrected chi connectivity index (χ1v) is 9.69. The zero-order valence-electron chi connectivity index (χ0n) is 15.7. The minimum Gasteiger partial charge on any atom is -0.453 e. The Kier molecular flexibility index (Phi) is 5.48. The second-order valence-electron chi connectivity index (χ2n) is 6.92. The highest BCUT2D eigenvalue weighted by molar-refractivity contribution is 6.31. The Hall–Kier alpha value is -2.94. The molecule has 0 aliphatic heterocycles. The lowest BCUT2D eigenvalue weighted by molar-refractivity contribution is 0.161. The van der Waals surface area contributed by atoms with E-state index in [1.807, 2.05) is 0 Å². The van der Waals surface area contributed by atoms with Gasteiger partial charge in [-0.05, 0) is 18.9 Å². The van der Waals surface area contributed by atoms with E-state index in [2.05, 4.69) is 30.6 Å². The van der Waals surface area contributed by atoms with E-state index in [4.69, 9.17) is 16.3 Å². The summed E-state index contributed by atoms with van der Waals surface area (Å²) >= 11 is 6.06. The van der Waals surface area contributed by atoms with Crippen LogP contribution in [0.25, 0.3) is 22.4 Å². The number of ether oxygens (including phenoxy) is 1. The van der Waals surface area contributed by atoms with Gasteiger partial charge in [-0.1, -0.05) is 24.4 Å². The normalized spacial score (nSPS) is 19.1. The summed E-state index contributed by atoms with van der Waals surface area (Å²) in [5.74, 6) is -0.132. The number of alkyl carbamates (subject to hydrolysis) is 1. The molecule has 0 radical (unpaired) electrons. The SMILES string of the molecule is COC(=O)N[C@H]1CCCC[C@H]1Nc1nc(-c2c[nH]c3ncc(Cl)cc23)ncc1F. The standard InChI is InChI=1S/C19H20ClFN6O2/c1-29-19(28)26-15-5-3-2-4-14(15)25-18-13(21)9-24-17(27-18)12-8-23-16-11(12)6-10(20)7-22-16/h6-9,14-15H,2-5H2,1H3,(H,22,23)(H,26,28)(H,24,25,27)/t14-,15+/m1/s1. The van der Waals surface area contributed by atoms with Gasteiger partial charge in [0.15, 0.2) is 17.5 Å². The molecule has 1 aliphatic rings. The molecule has 1 amide bonds. The van der Waals surface area contributed by atoms with E-state index in [1.165, 1.54) is 7.11 Å². The minimum atomic E-state index is -0.563. The van der Waals surface area contributed by atoms with Gasteiger partial charge in [0.2, 0.25) is 0 Å². The van der Waals surface area contributed by atoms with E-state index in [0.29, 0.717) is 22.1 Å². The number of fused-ring (bicyclic) bond motifs is 1. The van der Waals surface area contributed by atoms with Crippen LogP contribution in [-0.2, 0) is 4.74 Å². The number of methoxy groups -OCH3 is 1. The number of carbonyl (C=O) groups excluding carboxylic acids is 1. The van der Waals surface area contributed by atoms with Crippen molar-refractivity contribution in [1.29, 1.82) is 0 Å². The van der Waals surface area contributed by atoms with Gasteiger partial charge in [-0.2, -0.15) is 0 Å². The zero-order valence-corrected chi connectivity index (χ0v) is 16.5. The topological polar surface area (TPSA) is 105 Å². The molecule has 1 fully saturated rings. The van der Waals surface area contributed by atoms with Gasteiger partial charge in [0.05, 0.1) is 24.4 Å². The Morgan fingerprint density at radius 1 is 1.28 bits per heavy atom. The highest BCUT2D eigenvalue weighted by atomic mass is 35.5. The first kappa shape index (κ1) is 19.4. The molecule has 2 atom stereocenters. The Labute approximate surface area is 171 Å². The van der Waals surface area contributed by atoms with Gasteiger partial charge in [-0.15, -0.1) is 0 Å². The van der Waals surface area contributed by atoms with Crippen molar-refractivity contribution in [2.45, 2.75) is 37.8 Å². The van der Waals surface area contributed by atoms with Gasteiger partial charge in [-0.25, -0.2) is 24.1 Å². The summed E-state index contributed by atoms with van der Waals surface area (Å²) in [5.41, 5.74) is 1.31. The van der Waals surface area contributed by atoms with Gasteiger partial charge < -0.3 is 20.4 Å². The highest BCUT2D eigenvalue weighted by Gasteiger charge is 2.28. The molecule has 10 heteroatoms. The number of rotatable bonds is 4. The monoisotopic (exact) mass is 418 g/mol. The van der Waals surface area contributed by atoms with E-state index < -0.39 is 11.9 Å². The molecule has 8 nitrogen and oxygen atoms in total. The molecular formula is C19H20ClFN6O2. The lowest BCUT2D eigenvalue weighted by atomic mass is 9.90. The number of nitrogens with zero attached hydrogens (tertiary/aromatic N) is 3. The summed E-state index contributed by atoms with van der Waals surface area (Å²) in [6.45, 7) is 0. The van der Waals surface area contributed by atoms with E-state index >= 15 is 0 Å². The van der Waals surface area contributed by atoms with E-state index in [0.717, 1.165) is 37.3 Å². The fourth-order valence-electron chi connectivity index (χ4n) is 3.62. The van der Waals surface area contributed by atoms with Crippen LogP contribution in [0.5, 0.6) is 0 Å². The van der Waals surface area contributed by atoms with Crippen molar-refractivity contribution in [3.8, 4) is 11.4 Å². The average Bonchev–Trinajstić information content (AvgIpc) is 3.14. The van der Waals surface area contributed by atoms with E-state index in [-0.39, 0.29) is 17.9 Å². The number of nitrogens with one attached hydrogen (secondary N) is 3. The number of hydrogen-bond donors (Lipinski definition) is 3. The van der Waals surface area contributed by atoms with Crippen LogP contribution in [-0.4, -0.2) is 45.2 Å². The Balaban J connectivity index is 1.62. The third-order valence-corrected chi connectivity index (χ3v) is 5.27. The summed E-state index contributed by atoms with van der Waals surface area (Å²) in [6, 6.07) is 1.41. The Morgan fingerprint density at radius 2 is 2.07 bits per heavy atom. The van der Waals surface area contributed by atoms with Crippen molar-refractivity contribution in [2.75, 3.05) is 12.4 Å². The molecule has 4 rings (SSSR count). The van der Waals surface area contributed by atoms with Crippen molar-refractivity contribution < 1.29 is 13.9 Å². The van der Waals surface area contributed by atoms with Crippen LogP contribution in [0.4, 0.5) is 15.0 Å².